The highest BCUT2D eigenvalue weighted by Crippen LogP contribution is 2.22. The molecule has 0 saturated heterocycles. The van der Waals surface area contributed by atoms with E-state index in [-0.39, 0.29) is 6.61 Å². The monoisotopic (exact) mass is 349 g/mol. The third kappa shape index (κ3) is 5.23. The van der Waals surface area contributed by atoms with Gasteiger partial charge >= 0.3 is 5.97 Å². The molecule has 1 aromatic carbocycles. The largest absolute Gasteiger partial charge is 0.452 e. The zero-order valence-electron chi connectivity index (χ0n) is 12.8. The molecule has 2 rings (SSSR count). The fraction of sp³-hybridized carbons (Fsp3) is 0.176. The van der Waals surface area contributed by atoms with Gasteiger partial charge in [0.1, 0.15) is 0 Å². The number of hydrogen-bond acceptors (Lipinski definition) is 4. The number of aryl methyl sites for hydroxylation is 2. The van der Waals surface area contributed by atoms with Crippen LogP contribution in [0.1, 0.15) is 16.0 Å². The number of thiophene rings is 1. The van der Waals surface area contributed by atoms with E-state index in [1.165, 1.54) is 17.4 Å². The molecule has 1 heterocycles. The summed E-state index contributed by atoms with van der Waals surface area (Å²) in [5.41, 5.74) is 2.57. The predicted molar refractivity (Wildman–Crippen MR) is 93.9 cm³/mol. The van der Waals surface area contributed by atoms with Crippen LogP contribution in [0.25, 0.3) is 6.08 Å². The van der Waals surface area contributed by atoms with E-state index in [1.807, 2.05) is 31.4 Å². The Bertz CT molecular complexity index is 752. The van der Waals surface area contributed by atoms with E-state index in [0.717, 1.165) is 16.0 Å². The molecule has 0 unspecified atom stereocenters. The second-order valence-electron chi connectivity index (χ2n) is 4.94. The third-order valence-electron chi connectivity index (χ3n) is 3.02. The van der Waals surface area contributed by atoms with Gasteiger partial charge in [0.15, 0.2) is 6.61 Å². The number of esters is 1. The van der Waals surface area contributed by atoms with Gasteiger partial charge in [-0.25, -0.2) is 4.79 Å². The fourth-order valence-electron chi connectivity index (χ4n) is 1.79. The summed E-state index contributed by atoms with van der Waals surface area (Å²) >= 11 is 7.56. The normalized spacial score (nSPS) is 10.7. The van der Waals surface area contributed by atoms with Crippen molar-refractivity contribution in [2.45, 2.75) is 13.8 Å². The molecule has 0 fully saturated rings. The maximum Gasteiger partial charge on any atom is 0.331 e. The highest BCUT2D eigenvalue weighted by molar-refractivity contribution is 7.11. The molecule has 1 amide bonds. The van der Waals surface area contributed by atoms with Gasteiger partial charge in [0, 0.05) is 11.0 Å². The van der Waals surface area contributed by atoms with Crippen LogP contribution in [0.5, 0.6) is 0 Å². The molecule has 2 aromatic rings. The average molecular weight is 350 g/mol. The van der Waals surface area contributed by atoms with Crippen molar-refractivity contribution in [1.29, 1.82) is 0 Å². The molecule has 0 atom stereocenters. The highest BCUT2D eigenvalue weighted by Gasteiger charge is 2.08. The summed E-state index contributed by atoms with van der Waals surface area (Å²) in [6, 6.07) is 7.25. The second-order valence-corrected chi connectivity index (χ2v) is 6.30. The summed E-state index contributed by atoms with van der Waals surface area (Å²) in [7, 11) is 0. The molecular formula is C17H16ClNO3S. The number of amides is 1. The molecule has 120 valence electrons. The first kappa shape index (κ1) is 17.2. The Kier molecular flexibility index (Phi) is 5.96. The van der Waals surface area contributed by atoms with E-state index in [0.29, 0.717) is 10.7 Å². The van der Waals surface area contributed by atoms with Crippen LogP contribution in [0, 0.1) is 13.8 Å². The van der Waals surface area contributed by atoms with Gasteiger partial charge in [-0.3, -0.25) is 4.79 Å². The van der Waals surface area contributed by atoms with Crippen molar-refractivity contribution in [3.63, 3.8) is 0 Å². The number of carbonyl (C=O) groups is 2. The van der Waals surface area contributed by atoms with E-state index in [4.69, 9.17) is 16.3 Å². The first-order valence-corrected chi connectivity index (χ1v) is 8.16. The number of carbonyl (C=O) groups excluding carboxylic acids is 2. The van der Waals surface area contributed by atoms with Gasteiger partial charge in [-0.1, -0.05) is 17.7 Å². The van der Waals surface area contributed by atoms with E-state index in [9.17, 15) is 9.59 Å². The molecule has 6 heteroatoms. The molecule has 4 nitrogen and oxygen atoms in total. The SMILES string of the molecule is Cc1ccc(NC(=O)COC(=O)/C=C/c2sccc2C)c(Cl)c1. The molecule has 0 bridgehead atoms. The van der Waals surface area contributed by atoms with Crippen LogP contribution in [0.3, 0.4) is 0 Å². The van der Waals surface area contributed by atoms with Crippen LogP contribution in [-0.4, -0.2) is 18.5 Å². The molecule has 23 heavy (non-hydrogen) atoms. The number of ether oxygens (including phenoxy) is 1. The molecule has 0 aliphatic heterocycles. The maximum absolute atomic E-state index is 11.8. The van der Waals surface area contributed by atoms with Gasteiger partial charge in [-0.05, 0) is 54.6 Å². The predicted octanol–water partition coefficient (Wildman–Crippen LogP) is 4.21. The molecular weight excluding hydrogens is 334 g/mol. The lowest BCUT2D eigenvalue weighted by Crippen LogP contribution is -2.20. The Labute approximate surface area is 143 Å². The molecule has 0 radical (unpaired) electrons. The number of anilines is 1. The summed E-state index contributed by atoms with van der Waals surface area (Å²) in [6.07, 6.45) is 2.99. The highest BCUT2D eigenvalue weighted by atomic mass is 35.5. The average Bonchev–Trinajstić information content (AvgIpc) is 2.91. The Morgan fingerprint density at radius 3 is 2.74 bits per heavy atom. The lowest BCUT2D eigenvalue weighted by Gasteiger charge is -2.07. The minimum Gasteiger partial charge on any atom is -0.452 e. The van der Waals surface area contributed by atoms with E-state index >= 15 is 0 Å². The van der Waals surface area contributed by atoms with Gasteiger partial charge in [-0.15, -0.1) is 11.3 Å². The van der Waals surface area contributed by atoms with Crippen molar-refractivity contribution in [1.82, 2.24) is 0 Å². The lowest BCUT2D eigenvalue weighted by atomic mass is 10.2. The van der Waals surface area contributed by atoms with Crippen LogP contribution in [-0.2, 0) is 14.3 Å². The van der Waals surface area contributed by atoms with Crippen molar-refractivity contribution in [2.75, 3.05) is 11.9 Å². The zero-order valence-corrected chi connectivity index (χ0v) is 14.3. The summed E-state index contributed by atoms with van der Waals surface area (Å²) < 4.78 is 4.90. The van der Waals surface area contributed by atoms with Crippen LogP contribution >= 0.6 is 22.9 Å². The number of benzene rings is 1. The number of halogens is 1. The van der Waals surface area contributed by atoms with Crippen LogP contribution in [0.2, 0.25) is 5.02 Å². The standard InChI is InChI=1S/C17H16ClNO3S/c1-11-3-4-14(13(18)9-11)19-16(20)10-22-17(21)6-5-15-12(2)7-8-23-15/h3-9H,10H2,1-2H3,(H,19,20)/b6-5+. The second kappa shape index (κ2) is 7.94. The van der Waals surface area contributed by atoms with E-state index < -0.39 is 11.9 Å². The van der Waals surface area contributed by atoms with Crippen molar-refractivity contribution >= 4 is 46.6 Å². The van der Waals surface area contributed by atoms with Gasteiger partial charge in [0.2, 0.25) is 0 Å². The maximum atomic E-state index is 11.8. The fourth-order valence-corrected chi connectivity index (χ4v) is 2.89. The Morgan fingerprint density at radius 2 is 2.09 bits per heavy atom. The van der Waals surface area contributed by atoms with Crippen molar-refractivity contribution in [3.05, 3.63) is 56.7 Å². The van der Waals surface area contributed by atoms with Gasteiger partial charge in [-0.2, -0.15) is 0 Å². The van der Waals surface area contributed by atoms with Gasteiger partial charge < -0.3 is 10.1 Å². The molecule has 1 aromatic heterocycles. The van der Waals surface area contributed by atoms with Crippen LogP contribution in [0.15, 0.2) is 35.7 Å². The quantitative estimate of drug-likeness (QED) is 0.649. The minimum atomic E-state index is -0.567. The first-order chi connectivity index (χ1) is 11.0. The minimum absolute atomic E-state index is 0.364. The van der Waals surface area contributed by atoms with Crippen LogP contribution < -0.4 is 5.32 Å². The topological polar surface area (TPSA) is 55.4 Å². The Morgan fingerprint density at radius 1 is 1.30 bits per heavy atom. The summed E-state index contributed by atoms with van der Waals surface area (Å²) in [5.74, 6) is -1.01. The van der Waals surface area contributed by atoms with Crippen molar-refractivity contribution in [2.24, 2.45) is 0 Å². The van der Waals surface area contributed by atoms with Crippen molar-refractivity contribution in [3.8, 4) is 0 Å². The molecule has 0 spiro atoms. The molecule has 1 N–H and O–H groups in total. The lowest BCUT2D eigenvalue weighted by molar-refractivity contribution is -0.142. The summed E-state index contributed by atoms with van der Waals surface area (Å²) in [6.45, 7) is 3.50. The molecule has 0 aliphatic carbocycles. The van der Waals surface area contributed by atoms with Crippen molar-refractivity contribution < 1.29 is 14.3 Å². The first-order valence-electron chi connectivity index (χ1n) is 6.90. The zero-order chi connectivity index (χ0) is 16.8. The Balaban J connectivity index is 1.83. The third-order valence-corrected chi connectivity index (χ3v) is 4.31. The summed E-state index contributed by atoms with van der Waals surface area (Å²) in [5, 5.41) is 4.99. The molecule has 0 aliphatic rings. The Hall–Kier alpha value is -2.11. The number of nitrogens with one attached hydrogen (secondary N) is 1. The van der Waals surface area contributed by atoms with Crippen LogP contribution in [0.4, 0.5) is 5.69 Å². The number of rotatable bonds is 5. The summed E-state index contributed by atoms with van der Waals surface area (Å²) in [4.78, 5) is 24.4. The van der Waals surface area contributed by atoms with Gasteiger partial charge in [0.05, 0.1) is 10.7 Å². The number of hydrogen-bond donors (Lipinski definition) is 1. The van der Waals surface area contributed by atoms with E-state index in [2.05, 4.69) is 5.32 Å². The van der Waals surface area contributed by atoms with E-state index in [1.54, 1.807) is 18.2 Å². The smallest absolute Gasteiger partial charge is 0.331 e. The van der Waals surface area contributed by atoms with Gasteiger partial charge in [0.25, 0.3) is 5.91 Å². The molecule has 0 saturated carbocycles.